The molecule has 0 amide bonds. The molecule has 2 aromatic carbocycles. The topological polar surface area (TPSA) is 105 Å². The maximum Gasteiger partial charge on any atom is 0.200 e. The van der Waals surface area contributed by atoms with Crippen LogP contribution in [0.25, 0.3) is 0 Å². The van der Waals surface area contributed by atoms with Crippen LogP contribution in [0, 0.1) is 0 Å². The van der Waals surface area contributed by atoms with Crippen molar-refractivity contribution in [3.05, 3.63) is 41.5 Å². The zero-order valence-corrected chi connectivity index (χ0v) is 17.0. The van der Waals surface area contributed by atoms with Gasteiger partial charge in [-0.1, -0.05) is 6.07 Å². The molecule has 1 unspecified atom stereocenters. The second kappa shape index (κ2) is 10.6. The Morgan fingerprint density at radius 1 is 0.897 bits per heavy atom. The number of hydrogen-bond donors (Lipinski definition) is 3. The van der Waals surface area contributed by atoms with Crippen molar-refractivity contribution in [1.29, 1.82) is 0 Å². The molecule has 0 heterocycles. The van der Waals surface area contributed by atoms with Crippen molar-refractivity contribution in [2.75, 3.05) is 21.3 Å². The first kappa shape index (κ1) is 22.4. The van der Waals surface area contributed by atoms with Gasteiger partial charge < -0.3 is 29.5 Å². The molecular weight excluding hydrogens is 376 g/mol. The van der Waals surface area contributed by atoms with Gasteiger partial charge in [-0.05, 0) is 54.7 Å². The minimum Gasteiger partial charge on any atom is -0.504 e. The fourth-order valence-electron chi connectivity index (χ4n) is 3.05. The summed E-state index contributed by atoms with van der Waals surface area (Å²) >= 11 is 0. The fraction of sp³-hybridized carbons (Fsp3) is 0.409. The minimum absolute atomic E-state index is 0.0493. The van der Waals surface area contributed by atoms with E-state index in [0.717, 1.165) is 11.1 Å². The highest BCUT2D eigenvalue weighted by Gasteiger charge is 2.15. The Hall–Kier alpha value is -2.93. The Morgan fingerprint density at radius 2 is 1.48 bits per heavy atom. The first-order chi connectivity index (χ1) is 13.9. The molecule has 7 nitrogen and oxygen atoms in total. The van der Waals surface area contributed by atoms with Gasteiger partial charge in [0.05, 0.1) is 27.4 Å². The van der Waals surface area contributed by atoms with Gasteiger partial charge in [-0.15, -0.1) is 0 Å². The van der Waals surface area contributed by atoms with E-state index in [1.54, 1.807) is 30.3 Å². The van der Waals surface area contributed by atoms with Gasteiger partial charge in [-0.25, -0.2) is 0 Å². The van der Waals surface area contributed by atoms with Gasteiger partial charge in [0.2, 0.25) is 5.75 Å². The number of aryl methyl sites for hydroxylation is 2. The molecule has 0 spiro atoms. The van der Waals surface area contributed by atoms with Crippen LogP contribution < -0.4 is 14.2 Å². The number of aromatic hydroxyl groups is 2. The van der Waals surface area contributed by atoms with E-state index in [1.807, 2.05) is 0 Å². The van der Waals surface area contributed by atoms with Crippen LogP contribution in [-0.2, 0) is 17.6 Å². The average molecular weight is 404 g/mol. The summed E-state index contributed by atoms with van der Waals surface area (Å²) in [4.78, 5) is 12.2. The number of Topliss-reactive ketones (excluding diaryl/α,β-unsaturated/α-hetero) is 1. The third kappa shape index (κ3) is 6.29. The van der Waals surface area contributed by atoms with Crippen molar-refractivity contribution in [1.82, 2.24) is 0 Å². The molecule has 7 heteroatoms. The predicted molar refractivity (Wildman–Crippen MR) is 108 cm³/mol. The largest absolute Gasteiger partial charge is 0.504 e. The normalized spacial score (nSPS) is 11.7. The Morgan fingerprint density at radius 3 is 2.07 bits per heavy atom. The molecular formula is C22H28O7. The minimum atomic E-state index is -0.744. The second-order valence-corrected chi connectivity index (χ2v) is 6.79. The summed E-state index contributed by atoms with van der Waals surface area (Å²) in [5.74, 6) is 0.896. The Kier molecular flexibility index (Phi) is 8.15. The number of benzene rings is 2. The molecule has 2 rings (SSSR count). The van der Waals surface area contributed by atoms with Crippen LogP contribution in [0.3, 0.4) is 0 Å². The highest BCUT2D eigenvalue weighted by molar-refractivity contribution is 5.79. The number of phenols is 2. The molecule has 158 valence electrons. The van der Waals surface area contributed by atoms with Crippen molar-refractivity contribution < 1.29 is 34.3 Å². The third-order valence-electron chi connectivity index (χ3n) is 4.71. The second-order valence-electron chi connectivity index (χ2n) is 6.79. The highest BCUT2D eigenvalue weighted by Crippen LogP contribution is 2.37. The molecule has 29 heavy (non-hydrogen) atoms. The lowest BCUT2D eigenvalue weighted by Gasteiger charge is -2.12. The van der Waals surface area contributed by atoms with Crippen molar-refractivity contribution in [2.24, 2.45) is 0 Å². The lowest BCUT2D eigenvalue weighted by molar-refractivity contribution is -0.121. The quantitative estimate of drug-likeness (QED) is 0.529. The van der Waals surface area contributed by atoms with Crippen LogP contribution in [0.5, 0.6) is 28.7 Å². The molecule has 0 saturated carbocycles. The number of ketones is 1. The van der Waals surface area contributed by atoms with Gasteiger partial charge >= 0.3 is 0 Å². The number of aliphatic hydroxyl groups is 1. The summed E-state index contributed by atoms with van der Waals surface area (Å²) in [6, 6.07) is 8.36. The third-order valence-corrected chi connectivity index (χ3v) is 4.71. The first-order valence-corrected chi connectivity index (χ1v) is 9.37. The van der Waals surface area contributed by atoms with Crippen molar-refractivity contribution in [3.8, 4) is 28.7 Å². The first-order valence-electron chi connectivity index (χ1n) is 9.37. The number of methoxy groups -OCH3 is 3. The van der Waals surface area contributed by atoms with Crippen LogP contribution in [0.2, 0.25) is 0 Å². The van der Waals surface area contributed by atoms with Crippen LogP contribution in [0.1, 0.15) is 30.4 Å². The highest BCUT2D eigenvalue weighted by atomic mass is 16.5. The number of aliphatic hydroxyl groups excluding tert-OH is 1. The van der Waals surface area contributed by atoms with E-state index in [1.165, 1.54) is 21.3 Å². The summed E-state index contributed by atoms with van der Waals surface area (Å²) < 4.78 is 15.3. The molecule has 3 N–H and O–H groups in total. The van der Waals surface area contributed by atoms with E-state index < -0.39 is 6.10 Å². The number of carbonyl (C=O) groups excluding carboxylic acids is 1. The van der Waals surface area contributed by atoms with E-state index in [9.17, 15) is 20.1 Å². The molecule has 0 bridgehead atoms. The van der Waals surface area contributed by atoms with Gasteiger partial charge in [0.1, 0.15) is 5.78 Å². The maximum atomic E-state index is 12.2. The van der Waals surface area contributed by atoms with Gasteiger partial charge in [-0.3, -0.25) is 4.79 Å². The summed E-state index contributed by atoms with van der Waals surface area (Å²) in [7, 11) is 4.37. The number of ether oxygens (including phenoxy) is 3. The Balaban J connectivity index is 1.84. The molecule has 0 aliphatic carbocycles. The summed E-state index contributed by atoms with van der Waals surface area (Å²) in [6.07, 6.45) is 1.04. The summed E-state index contributed by atoms with van der Waals surface area (Å²) in [5.41, 5.74) is 1.71. The average Bonchev–Trinajstić information content (AvgIpc) is 2.72. The number of carbonyl (C=O) groups is 1. The molecule has 0 aliphatic rings. The van der Waals surface area contributed by atoms with Crippen LogP contribution in [-0.4, -0.2) is 48.5 Å². The van der Waals surface area contributed by atoms with E-state index in [4.69, 9.17) is 14.2 Å². The van der Waals surface area contributed by atoms with Gasteiger partial charge in [0.15, 0.2) is 23.0 Å². The SMILES string of the molecule is COc1cc(CCC(O)CC(=O)CCc2cc(OC)c(O)c(OC)c2)ccc1O. The standard InChI is InChI=1S/C22H28O7/c1-27-19-10-14(6-9-18(19)25)4-7-16(23)13-17(24)8-5-15-11-20(28-2)22(26)21(12-15)29-3/h6,9-12,16,23,25-26H,4-5,7-8,13H2,1-3H3. The van der Waals surface area contributed by atoms with Gasteiger partial charge in [-0.2, -0.15) is 0 Å². The van der Waals surface area contributed by atoms with Crippen LogP contribution in [0.15, 0.2) is 30.3 Å². The lowest BCUT2D eigenvalue weighted by Crippen LogP contribution is -2.15. The number of rotatable bonds is 11. The van der Waals surface area contributed by atoms with Crippen LogP contribution >= 0.6 is 0 Å². The fourth-order valence-corrected chi connectivity index (χ4v) is 3.05. The molecule has 0 fully saturated rings. The molecule has 0 radical (unpaired) electrons. The van der Waals surface area contributed by atoms with Crippen molar-refractivity contribution >= 4 is 5.78 Å². The zero-order chi connectivity index (χ0) is 21.4. The monoisotopic (exact) mass is 404 g/mol. The molecule has 1 atom stereocenters. The molecule has 0 saturated heterocycles. The number of hydrogen-bond acceptors (Lipinski definition) is 7. The van der Waals surface area contributed by atoms with E-state index in [-0.39, 0.29) is 41.6 Å². The van der Waals surface area contributed by atoms with E-state index in [0.29, 0.717) is 25.0 Å². The van der Waals surface area contributed by atoms with Crippen molar-refractivity contribution in [3.63, 3.8) is 0 Å². The summed E-state index contributed by atoms with van der Waals surface area (Å²) in [5, 5.41) is 29.7. The summed E-state index contributed by atoms with van der Waals surface area (Å²) in [6.45, 7) is 0. The Bertz CT molecular complexity index is 807. The van der Waals surface area contributed by atoms with Gasteiger partial charge in [0, 0.05) is 12.8 Å². The lowest BCUT2D eigenvalue weighted by atomic mass is 9.99. The van der Waals surface area contributed by atoms with Crippen molar-refractivity contribution in [2.45, 2.75) is 38.2 Å². The molecule has 2 aromatic rings. The molecule has 0 aromatic heterocycles. The van der Waals surface area contributed by atoms with Crippen LogP contribution in [0.4, 0.5) is 0 Å². The predicted octanol–water partition coefficient (Wildman–Crippen LogP) is 3.01. The molecule has 0 aliphatic heterocycles. The smallest absolute Gasteiger partial charge is 0.200 e. The number of phenolic OH excluding ortho intramolecular Hbond substituents is 2. The Labute approximate surface area is 170 Å². The van der Waals surface area contributed by atoms with E-state index >= 15 is 0 Å². The zero-order valence-electron chi connectivity index (χ0n) is 17.0. The van der Waals surface area contributed by atoms with Gasteiger partial charge in [0.25, 0.3) is 0 Å². The van der Waals surface area contributed by atoms with E-state index in [2.05, 4.69) is 0 Å². The maximum absolute atomic E-state index is 12.2.